The van der Waals surface area contributed by atoms with Gasteiger partial charge in [-0.2, -0.15) is 10.5 Å². The molecule has 9 rings (SSSR count). The summed E-state index contributed by atoms with van der Waals surface area (Å²) in [6, 6.07) is 44.6. The Hall–Kier alpha value is -6.96. The fraction of sp³-hybridized carbons (Fsp3) is 0. The number of carbonyl (C=O) groups excluding carboxylic acids is 2. The van der Waals surface area contributed by atoms with Crippen LogP contribution in [0.5, 0.6) is 0 Å². The number of hydrogen-bond acceptors (Lipinski definition) is 4. The quantitative estimate of drug-likeness (QED) is 0.189. The van der Waals surface area contributed by atoms with Crippen molar-refractivity contribution in [3.05, 3.63) is 150 Å². The fourth-order valence-corrected chi connectivity index (χ4v) is 7.09. The van der Waals surface area contributed by atoms with E-state index in [4.69, 9.17) is 0 Å². The first-order valence-electron chi connectivity index (χ1n) is 15.1. The molecule has 0 fully saturated rings. The van der Waals surface area contributed by atoms with Gasteiger partial charge in [-0.15, -0.1) is 0 Å². The summed E-state index contributed by atoms with van der Waals surface area (Å²) < 4.78 is 4.32. The first-order valence-corrected chi connectivity index (χ1v) is 15.1. The molecule has 2 aromatic heterocycles. The molecule has 0 saturated carbocycles. The molecule has 6 aromatic carbocycles. The van der Waals surface area contributed by atoms with Gasteiger partial charge in [-0.1, -0.05) is 54.6 Å². The van der Waals surface area contributed by atoms with E-state index >= 15 is 0 Å². The molecule has 47 heavy (non-hydrogen) atoms. The standard InChI is InChI=1S/C40H21N5O2/c41-22-24-13-15-26(16-14-24)43-34-11-5-3-7-28(34)29-18-20-36-37(38(29)43)32-10-4-6-12-35(32)45(36)33-19-17-27(21-25(33)23-42)44-39(46)30-8-1-2-9-31(30)40(44)47/h1-21H. The zero-order valence-electron chi connectivity index (χ0n) is 24.7. The second-order valence-electron chi connectivity index (χ2n) is 11.5. The maximum absolute atomic E-state index is 13.3. The zero-order valence-corrected chi connectivity index (χ0v) is 24.7. The van der Waals surface area contributed by atoms with Crippen LogP contribution in [-0.2, 0) is 0 Å². The Kier molecular flexibility index (Phi) is 5.50. The SMILES string of the molecule is N#Cc1ccc(-n2c3ccccc3c3ccc4c(c5ccccc5n4-c4ccc(N5C(=O)c6ccccc6C5=O)cc4C#N)c32)cc1. The summed E-state index contributed by atoms with van der Waals surface area (Å²) in [5.74, 6) is -0.811. The highest BCUT2D eigenvalue weighted by Crippen LogP contribution is 2.42. The third-order valence-corrected chi connectivity index (χ3v) is 9.12. The minimum atomic E-state index is -0.405. The largest absolute Gasteiger partial charge is 0.309 e. The molecule has 0 saturated heterocycles. The number of para-hydroxylation sites is 2. The number of aromatic nitrogens is 2. The number of fused-ring (bicyclic) bond motifs is 8. The number of nitrogens with zero attached hydrogens (tertiary/aromatic N) is 5. The van der Waals surface area contributed by atoms with Crippen LogP contribution in [-0.4, -0.2) is 20.9 Å². The van der Waals surface area contributed by atoms with Crippen LogP contribution in [0.1, 0.15) is 31.8 Å². The van der Waals surface area contributed by atoms with Crippen molar-refractivity contribution >= 4 is 61.1 Å². The molecule has 0 bridgehead atoms. The average Bonchev–Trinajstić information content (AvgIpc) is 3.73. The molecule has 0 atom stereocenters. The van der Waals surface area contributed by atoms with Crippen LogP contribution in [0, 0.1) is 22.7 Å². The van der Waals surface area contributed by atoms with E-state index in [0.29, 0.717) is 33.6 Å². The number of benzene rings is 6. The van der Waals surface area contributed by atoms with Gasteiger partial charge in [-0.3, -0.25) is 9.59 Å². The molecule has 0 aliphatic carbocycles. The van der Waals surface area contributed by atoms with Gasteiger partial charge in [0, 0.05) is 27.2 Å². The molecular weight excluding hydrogens is 582 g/mol. The fourth-order valence-electron chi connectivity index (χ4n) is 7.09. The van der Waals surface area contributed by atoms with Crippen LogP contribution in [0.2, 0.25) is 0 Å². The van der Waals surface area contributed by atoms with Gasteiger partial charge >= 0.3 is 0 Å². The molecule has 1 aliphatic rings. The van der Waals surface area contributed by atoms with Crippen LogP contribution in [0.15, 0.2) is 127 Å². The first kappa shape index (κ1) is 26.4. The summed E-state index contributed by atoms with van der Waals surface area (Å²) >= 11 is 0. The zero-order chi connectivity index (χ0) is 31.8. The van der Waals surface area contributed by atoms with Gasteiger partial charge in [0.2, 0.25) is 0 Å². The van der Waals surface area contributed by atoms with Crippen LogP contribution in [0.25, 0.3) is 55.0 Å². The number of imide groups is 1. The first-order chi connectivity index (χ1) is 23.1. The molecule has 0 unspecified atom stereocenters. The topological polar surface area (TPSA) is 94.8 Å². The average molecular weight is 604 g/mol. The van der Waals surface area contributed by atoms with E-state index in [9.17, 15) is 20.1 Å². The van der Waals surface area contributed by atoms with Gasteiger partial charge in [0.05, 0.1) is 61.8 Å². The van der Waals surface area contributed by atoms with Crippen molar-refractivity contribution in [2.75, 3.05) is 4.90 Å². The van der Waals surface area contributed by atoms with E-state index in [1.165, 1.54) is 0 Å². The molecule has 0 radical (unpaired) electrons. The maximum atomic E-state index is 13.3. The number of hydrogen-bond donors (Lipinski definition) is 0. The molecule has 8 aromatic rings. The van der Waals surface area contributed by atoms with Gasteiger partial charge in [-0.25, -0.2) is 4.90 Å². The monoisotopic (exact) mass is 603 g/mol. The summed E-state index contributed by atoms with van der Waals surface area (Å²) in [7, 11) is 0. The van der Waals surface area contributed by atoms with Crippen LogP contribution < -0.4 is 4.90 Å². The van der Waals surface area contributed by atoms with Gasteiger partial charge in [0.1, 0.15) is 6.07 Å². The smallest absolute Gasteiger partial charge is 0.266 e. The lowest BCUT2D eigenvalue weighted by molar-refractivity contribution is 0.0926. The van der Waals surface area contributed by atoms with E-state index in [0.717, 1.165) is 54.2 Å². The normalized spacial score (nSPS) is 12.7. The van der Waals surface area contributed by atoms with Crippen LogP contribution in [0.4, 0.5) is 5.69 Å². The third-order valence-electron chi connectivity index (χ3n) is 9.12. The molecule has 2 amide bonds. The number of rotatable bonds is 3. The maximum Gasteiger partial charge on any atom is 0.266 e. The summed E-state index contributed by atoms with van der Waals surface area (Å²) in [4.78, 5) is 27.6. The van der Waals surface area contributed by atoms with E-state index in [-0.39, 0.29) is 0 Å². The van der Waals surface area contributed by atoms with Crippen molar-refractivity contribution in [3.8, 4) is 23.5 Å². The molecule has 0 spiro atoms. The predicted octanol–water partition coefficient (Wildman–Crippen LogP) is 8.42. The van der Waals surface area contributed by atoms with Crippen molar-refractivity contribution in [2.24, 2.45) is 0 Å². The highest BCUT2D eigenvalue weighted by atomic mass is 16.2. The predicted molar refractivity (Wildman–Crippen MR) is 182 cm³/mol. The number of amides is 2. The lowest BCUT2D eigenvalue weighted by Gasteiger charge is -2.17. The van der Waals surface area contributed by atoms with Crippen LogP contribution >= 0.6 is 0 Å². The molecule has 3 heterocycles. The van der Waals surface area contributed by atoms with E-state index in [2.05, 4.69) is 51.6 Å². The molecule has 1 aliphatic heterocycles. The number of carbonyl (C=O) groups is 2. The van der Waals surface area contributed by atoms with Gasteiger partial charge < -0.3 is 9.13 Å². The van der Waals surface area contributed by atoms with Gasteiger partial charge in [0.25, 0.3) is 11.8 Å². The third kappa shape index (κ3) is 3.60. The highest BCUT2D eigenvalue weighted by Gasteiger charge is 2.36. The lowest BCUT2D eigenvalue weighted by Crippen LogP contribution is -2.29. The van der Waals surface area contributed by atoms with Crippen molar-refractivity contribution in [3.63, 3.8) is 0 Å². The second kappa shape index (κ2) is 9.77. The Balaban J connectivity index is 1.32. The molecule has 7 nitrogen and oxygen atoms in total. The summed E-state index contributed by atoms with van der Waals surface area (Å²) in [6.07, 6.45) is 0. The minimum absolute atomic E-state index is 0.328. The summed E-state index contributed by atoms with van der Waals surface area (Å²) in [5, 5.41) is 24.1. The molecule has 0 N–H and O–H groups in total. The second-order valence-corrected chi connectivity index (χ2v) is 11.5. The van der Waals surface area contributed by atoms with E-state index < -0.39 is 11.8 Å². The van der Waals surface area contributed by atoms with E-state index in [1.807, 2.05) is 60.7 Å². The Morgan fingerprint density at radius 3 is 1.81 bits per heavy atom. The van der Waals surface area contributed by atoms with Crippen molar-refractivity contribution < 1.29 is 9.59 Å². The van der Waals surface area contributed by atoms with Gasteiger partial charge in [-0.05, 0) is 72.8 Å². The Labute approximate surface area is 267 Å². The van der Waals surface area contributed by atoms with Crippen molar-refractivity contribution in [1.82, 2.24) is 9.13 Å². The molecular formula is C40H21N5O2. The number of nitriles is 2. The molecule has 218 valence electrons. The Morgan fingerprint density at radius 2 is 1.13 bits per heavy atom. The van der Waals surface area contributed by atoms with Crippen molar-refractivity contribution in [2.45, 2.75) is 0 Å². The highest BCUT2D eigenvalue weighted by molar-refractivity contribution is 6.34. The van der Waals surface area contributed by atoms with Crippen LogP contribution in [0.3, 0.4) is 0 Å². The molecule has 7 heteroatoms. The lowest BCUT2D eigenvalue weighted by atomic mass is 10.1. The minimum Gasteiger partial charge on any atom is -0.309 e. The van der Waals surface area contributed by atoms with Crippen molar-refractivity contribution in [1.29, 1.82) is 10.5 Å². The Bertz CT molecular complexity index is 2720. The van der Waals surface area contributed by atoms with Gasteiger partial charge in [0.15, 0.2) is 0 Å². The number of anilines is 1. The summed E-state index contributed by atoms with van der Waals surface area (Å²) in [6.45, 7) is 0. The summed E-state index contributed by atoms with van der Waals surface area (Å²) in [5.41, 5.74) is 7.41. The van der Waals surface area contributed by atoms with E-state index in [1.54, 1.807) is 36.4 Å². The Morgan fingerprint density at radius 1 is 0.511 bits per heavy atom.